The van der Waals surface area contributed by atoms with Crippen LogP contribution in [0.3, 0.4) is 0 Å². The molecule has 0 bridgehead atoms. The second-order valence-electron chi connectivity index (χ2n) is 10.8. The average Bonchev–Trinajstić information content (AvgIpc) is 3.24. The molecule has 2 atom stereocenters. The molecule has 0 fully saturated rings. The Morgan fingerprint density at radius 2 is 1.89 bits per heavy atom. The summed E-state index contributed by atoms with van der Waals surface area (Å²) < 4.78 is 1.75. The Bertz CT molecular complexity index is 1440. The minimum atomic E-state index is -0.806. The van der Waals surface area contributed by atoms with E-state index in [1.807, 2.05) is 26.1 Å². The highest BCUT2D eigenvalue weighted by Crippen LogP contribution is 2.34. The molecule has 1 unspecified atom stereocenters. The van der Waals surface area contributed by atoms with Crippen molar-refractivity contribution in [1.82, 2.24) is 19.9 Å². The summed E-state index contributed by atoms with van der Waals surface area (Å²) in [5.74, 6) is -0.437. The predicted octanol–water partition coefficient (Wildman–Crippen LogP) is 5.78. The molecule has 192 valence electrons. The van der Waals surface area contributed by atoms with E-state index in [1.54, 1.807) is 4.68 Å². The number of benzene rings is 3. The van der Waals surface area contributed by atoms with Crippen molar-refractivity contribution in [2.45, 2.75) is 59.0 Å². The number of carbonyl (C=O) groups is 1. The van der Waals surface area contributed by atoms with Crippen molar-refractivity contribution in [2.75, 3.05) is 6.54 Å². The molecule has 1 aromatic heterocycles. The van der Waals surface area contributed by atoms with Crippen LogP contribution in [-0.2, 0) is 31.4 Å². The number of nitrogens with zero attached hydrogens (tertiary/aromatic N) is 4. The van der Waals surface area contributed by atoms with Crippen molar-refractivity contribution < 1.29 is 9.90 Å². The third-order valence-corrected chi connectivity index (χ3v) is 7.99. The van der Waals surface area contributed by atoms with Crippen LogP contribution in [0.5, 0.6) is 0 Å². The Labute approximate surface area is 218 Å². The molecule has 6 heteroatoms. The number of aliphatic carboxylic acids is 1. The zero-order valence-corrected chi connectivity index (χ0v) is 22.2. The van der Waals surface area contributed by atoms with E-state index in [2.05, 4.69) is 71.5 Å². The van der Waals surface area contributed by atoms with Gasteiger partial charge in [-0.2, -0.15) is 0 Å². The first-order chi connectivity index (χ1) is 17.8. The predicted molar refractivity (Wildman–Crippen MR) is 147 cm³/mol. The zero-order chi connectivity index (χ0) is 26.1. The Hall–Kier alpha value is -3.51. The van der Waals surface area contributed by atoms with Gasteiger partial charge in [-0.25, -0.2) is 4.68 Å². The molecule has 0 spiro atoms. The third-order valence-electron chi connectivity index (χ3n) is 7.99. The molecule has 1 aliphatic rings. The van der Waals surface area contributed by atoms with E-state index < -0.39 is 5.97 Å². The van der Waals surface area contributed by atoms with Gasteiger partial charge in [-0.3, -0.25) is 9.69 Å². The molecule has 6 nitrogen and oxygen atoms in total. The second-order valence-corrected chi connectivity index (χ2v) is 10.8. The first kappa shape index (κ1) is 25.2. The summed E-state index contributed by atoms with van der Waals surface area (Å²) >= 11 is 0. The highest BCUT2D eigenvalue weighted by Gasteiger charge is 2.24. The summed E-state index contributed by atoms with van der Waals surface area (Å²) in [7, 11) is 1.87. The van der Waals surface area contributed by atoms with Gasteiger partial charge in [0, 0.05) is 32.6 Å². The number of aromatic nitrogens is 3. The zero-order valence-electron chi connectivity index (χ0n) is 22.2. The van der Waals surface area contributed by atoms with Gasteiger partial charge in [0.2, 0.25) is 0 Å². The van der Waals surface area contributed by atoms with Gasteiger partial charge in [0.05, 0.1) is 11.9 Å². The minimum absolute atomic E-state index is 0.0310. The molecule has 0 radical (unpaired) electrons. The van der Waals surface area contributed by atoms with Crippen molar-refractivity contribution in [1.29, 1.82) is 0 Å². The number of carboxylic acids is 1. The van der Waals surface area contributed by atoms with Crippen molar-refractivity contribution in [2.24, 2.45) is 13.0 Å². The number of carboxylic acid groups (broad SMARTS) is 1. The van der Waals surface area contributed by atoms with Gasteiger partial charge in [-0.1, -0.05) is 60.7 Å². The van der Waals surface area contributed by atoms with Crippen LogP contribution >= 0.6 is 0 Å². The van der Waals surface area contributed by atoms with Crippen molar-refractivity contribution in [3.63, 3.8) is 0 Å². The fraction of sp³-hybridized carbons (Fsp3) is 0.387. The topological polar surface area (TPSA) is 71.2 Å². The van der Waals surface area contributed by atoms with Crippen LogP contribution < -0.4 is 0 Å². The lowest BCUT2D eigenvalue weighted by atomic mass is 9.84. The van der Waals surface area contributed by atoms with Crippen LogP contribution in [0.2, 0.25) is 0 Å². The quantitative estimate of drug-likeness (QED) is 0.367. The number of rotatable bonds is 6. The lowest BCUT2D eigenvalue weighted by Crippen LogP contribution is -2.30. The van der Waals surface area contributed by atoms with Crippen LogP contribution in [0.1, 0.15) is 64.6 Å². The molecular formula is C31H36N4O2. The first-order valence-corrected chi connectivity index (χ1v) is 13.2. The molecule has 3 aromatic carbocycles. The third kappa shape index (κ3) is 5.30. The summed E-state index contributed by atoms with van der Waals surface area (Å²) in [6, 6.07) is 19.3. The van der Waals surface area contributed by atoms with E-state index >= 15 is 0 Å². The molecule has 0 saturated heterocycles. The smallest absolute Gasteiger partial charge is 0.304 e. The monoisotopic (exact) mass is 496 g/mol. The van der Waals surface area contributed by atoms with E-state index in [-0.39, 0.29) is 12.3 Å². The van der Waals surface area contributed by atoms with Crippen molar-refractivity contribution in [3.05, 3.63) is 93.5 Å². The maximum atomic E-state index is 12.0. The Morgan fingerprint density at radius 1 is 1.11 bits per heavy atom. The molecule has 1 N–H and O–H groups in total. The Morgan fingerprint density at radius 3 is 2.68 bits per heavy atom. The van der Waals surface area contributed by atoms with E-state index in [0.717, 1.165) is 53.8 Å². The van der Waals surface area contributed by atoms with E-state index in [9.17, 15) is 9.90 Å². The number of hydrogen-bond donors (Lipinski definition) is 1. The van der Waals surface area contributed by atoms with Crippen LogP contribution in [0, 0.1) is 19.8 Å². The van der Waals surface area contributed by atoms with Gasteiger partial charge in [-0.15, -0.1) is 5.10 Å². The summed E-state index contributed by atoms with van der Waals surface area (Å²) in [6.07, 6.45) is 2.37. The normalized spacial score (nSPS) is 17.2. The number of aryl methyl sites for hydroxylation is 4. The Balaban J connectivity index is 1.50. The molecule has 0 amide bonds. The lowest BCUT2D eigenvalue weighted by molar-refractivity contribution is -0.137. The van der Waals surface area contributed by atoms with Crippen LogP contribution in [-0.4, -0.2) is 37.5 Å². The molecular weight excluding hydrogens is 460 g/mol. The van der Waals surface area contributed by atoms with E-state index in [4.69, 9.17) is 0 Å². The van der Waals surface area contributed by atoms with Gasteiger partial charge in [0.15, 0.2) is 0 Å². The maximum absolute atomic E-state index is 12.0. The van der Waals surface area contributed by atoms with Crippen LogP contribution in [0.15, 0.2) is 54.6 Å². The fourth-order valence-electron chi connectivity index (χ4n) is 5.84. The second kappa shape index (κ2) is 10.5. The van der Waals surface area contributed by atoms with Gasteiger partial charge in [0.25, 0.3) is 0 Å². The summed E-state index contributed by atoms with van der Waals surface area (Å²) in [4.78, 5) is 14.5. The summed E-state index contributed by atoms with van der Waals surface area (Å²) in [5.41, 5.74) is 10.2. The van der Waals surface area contributed by atoms with Crippen molar-refractivity contribution in [3.8, 4) is 0 Å². The standard InChI is InChI=1S/C31H36N4O2/c1-20-9-11-23-7-5-6-8-25(23)18-35(17-20)19-26-15-24(12-10-21(26)2)28(16-30(36)37)27-13-14-29-31(22(27)3)32-33-34(29)4/h5-8,10,12-15,20,28H,9,11,16-19H2,1-4H3,(H,36,37)/t20-,28?/m1/s1. The maximum Gasteiger partial charge on any atom is 0.304 e. The largest absolute Gasteiger partial charge is 0.481 e. The molecule has 1 aliphatic heterocycles. The van der Waals surface area contributed by atoms with E-state index in [0.29, 0.717) is 5.92 Å². The van der Waals surface area contributed by atoms with Gasteiger partial charge >= 0.3 is 5.97 Å². The SMILES string of the molecule is Cc1ccc(C(CC(=O)O)c2ccc3c(nnn3C)c2C)cc1CN1Cc2ccccc2CC[C@@H](C)C1. The molecule has 0 aliphatic carbocycles. The Kier molecular flexibility index (Phi) is 7.11. The van der Waals surface area contributed by atoms with Crippen LogP contribution in [0.4, 0.5) is 0 Å². The van der Waals surface area contributed by atoms with Crippen LogP contribution in [0.25, 0.3) is 11.0 Å². The van der Waals surface area contributed by atoms with Crippen molar-refractivity contribution >= 4 is 17.0 Å². The molecule has 2 heterocycles. The minimum Gasteiger partial charge on any atom is -0.481 e. The molecule has 37 heavy (non-hydrogen) atoms. The van der Waals surface area contributed by atoms with E-state index in [1.165, 1.54) is 28.7 Å². The molecule has 4 aromatic rings. The lowest BCUT2D eigenvalue weighted by Gasteiger charge is -2.30. The summed E-state index contributed by atoms with van der Waals surface area (Å²) in [5, 5.41) is 18.3. The van der Waals surface area contributed by atoms with Gasteiger partial charge < -0.3 is 5.11 Å². The fourth-order valence-corrected chi connectivity index (χ4v) is 5.84. The van der Waals surface area contributed by atoms with Gasteiger partial charge in [0.1, 0.15) is 5.52 Å². The number of hydrogen-bond acceptors (Lipinski definition) is 4. The molecule has 0 saturated carbocycles. The first-order valence-electron chi connectivity index (χ1n) is 13.2. The van der Waals surface area contributed by atoms with Gasteiger partial charge in [-0.05, 0) is 77.6 Å². The summed E-state index contributed by atoms with van der Waals surface area (Å²) in [6.45, 7) is 9.36. The number of fused-ring (bicyclic) bond motifs is 2. The molecule has 5 rings (SSSR count). The highest BCUT2D eigenvalue weighted by atomic mass is 16.4. The average molecular weight is 497 g/mol. The highest BCUT2D eigenvalue weighted by molar-refractivity contribution is 5.80.